The fourth-order valence-electron chi connectivity index (χ4n) is 3.02. The second-order valence-corrected chi connectivity index (χ2v) is 7.02. The zero-order valence-electron chi connectivity index (χ0n) is 14.6. The van der Waals surface area contributed by atoms with Crippen LogP contribution in [0.4, 0.5) is 9.52 Å². The minimum atomic E-state index is -0.351. The van der Waals surface area contributed by atoms with Gasteiger partial charge in [0.25, 0.3) is 0 Å². The molecule has 1 aliphatic rings. The van der Waals surface area contributed by atoms with Gasteiger partial charge in [-0.2, -0.15) is 0 Å². The van der Waals surface area contributed by atoms with Gasteiger partial charge in [-0.3, -0.25) is 4.79 Å². The van der Waals surface area contributed by atoms with Crippen molar-refractivity contribution in [3.05, 3.63) is 29.4 Å². The summed E-state index contributed by atoms with van der Waals surface area (Å²) in [5, 5.41) is 8.49. The minimum absolute atomic E-state index is 0. The molecule has 2 aromatic rings. The molecule has 0 bridgehead atoms. The number of piperidine rings is 1. The lowest BCUT2D eigenvalue weighted by atomic mass is 9.93. The van der Waals surface area contributed by atoms with E-state index in [1.165, 1.54) is 30.6 Å². The maximum atomic E-state index is 13.5. The van der Waals surface area contributed by atoms with E-state index in [2.05, 4.69) is 15.6 Å². The van der Waals surface area contributed by atoms with Crippen molar-refractivity contribution in [1.29, 1.82) is 0 Å². The standard InChI is InChI=1S/C18H22FN3O2S.ClH/c1-24-16-4-3-13(19)10-14(16)15-11-25-18(21-15)22-17(23)5-2-12-6-8-20-9-7-12;/h3-4,10-12,20H,2,5-9H2,1H3,(H,21,22,23);1H. The van der Waals surface area contributed by atoms with Crippen LogP contribution in [0.2, 0.25) is 0 Å². The Morgan fingerprint density at radius 1 is 1.42 bits per heavy atom. The quantitative estimate of drug-likeness (QED) is 0.767. The Morgan fingerprint density at radius 2 is 2.19 bits per heavy atom. The molecule has 0 atom stereocenters. The molecule has 1 aromatic heterocycles. The van der Waals surface area contributed by atoms with Crippen LogP contribution in [-0.4, -0.2) is 31.1 Å². The number of halogens is 2. The average Bonchev–Trinajstić information content (AvgIpc) is 3.09. The van der Waals surface area contributed by atoms with Crippen LogP contribution >= 0.6 is 23.7 Å². The molecule has 1 amide bonds. The molecule has 8 heteroatoms. The highest BCUT2D eigenvalue weighted by Gasteiger charge is 2.16. The number of thiazole rings is 1. The molecule has 2 heterocycles. The van der Waals surface area contributed by atoms with Gasteiger partial charge < -0.3 is 15.4 Å². The van der Waals surface area contributed by atoms with E-state index in [1.807, 2.05) is 0 Å². The molecule has 0 radical (unpaired) electrons. The van der Waals surface area contributed by atoms with Crippen molar-refractivity contribution in [2.75, 3.05) is 25.5 Å². The van der Waals surface area contributed by atoms with Gasteiger partial charge in [0.1, 0.15) is 11.6 Å². The van der Waals surface area contributed by atoms with Gasteiger partial charge in [-0.1, -0.05) is 0 Å². The lowest BCUT2D eigenvalue weighted by molar-refractivity contribution is -0.116. The van der Waals surface area contributed by atoms with Crippen molar-refractivity contribution < 1.29 is 13.9 Å². The molecule has 1 aliphatic heterocycles. The third kappa shape index (κ3) is 5.40. The Hall–Kier alpha value is -1.70. The molecule has 142 valence electrons. The molecule has 26 heavy (non-hydrogen) atoms. The van der Waals surface area contributed by atoms with Gasteiger partial charge >= 0.3 is 0 Å². The predicted octanol–water partition coefficient (Wildman–Crippen LogP) is 4.10. The summed E-state index contributed by atoms with van der Waals surface area (Å²) in [7, 11) is 1.53. The molecule has 2 N–H and O–H groups in total. The SMILES string of the molecule is COc1ccc(F)cc1-c1csc(NC(=O)CCC2CCNCC2)n1.Cl. The number of amides is 1. The number of methoxy groups -OCH3 is 1. The van der Waals surface area contributed by atoms with Gasteiger partial charge in [0.05, 0.1) is 12.8 Å². The van der Waals surface area contributed by atoms with Gasteiger partial charge in [-0.05, 0) is 56.5 Å². The number of nitrogens with zero attached hydrogens (tertiary/aromatic N) is 1. The van der Waals surface area contributed by atoms with E-state index in [-0.39, 0.29) is 24.1 Å². The van der Waals surface area contributed by atoms with Crippen molar-refractivity contribution >= 4 is 34.8 Å². The number of ether oxygens (including phenoxy) is 1. The van der Waals surface area contributed by atoms with Crippen LogP contribution in [0, 0.1) is 11.7 Å². The first kappa shape index (κ1) is 20.6. The van der Waals surface area contributed by atoms with E-state index in [9.17, 15) is 9.18 Å². The summed E-state index contributed by atoms with van der Waals surface area (Å²) in [4.78, 5) is 16.5. The highest BCUT2D eigenvalue weighted by Crippen LogP contribution is 2.32. The second kappa shape index (κ2) is 9.85. The number of hydrogen-bond acceptors (Lipinski definition) is 5. The Kier molecular flexibility index (Phi) is 7.81. The normalized spacial score (nSPS) is 14.5. The maximum Gasteiger partial charge on any atom is 0.226 e. The maximum absolute atomic E-state index is 13.5. The van der Waals surface area contributed by atoms with Crippen molar-refractivity contribution in [1.82, 2.24) is 10.3 Å². The number of rotatable bonds is 6. The summed E-state index contributed by atoms with van der Waals surface area (Å²) < 4.78 is 18.8. The molecule has 1 saturated heterocycles. The first-order valence-electron chi connectivity index (χ1n) is 8.45. The fraction of sp³-hybridized carbons (Fsp3) is 0.444. The molecule has 0 aliphatic carbocycles. The molecular weight excluding hydrogens is 377 g/mol. The topological polar surface area (TPSA) is 63.2 Å². The highest BCUT2D eigenvalue weighted by atomic mass is 35.5. The Morgan fingerprint density at radius 3 is 2.92 bits per heavy atom. The highest BCUT2D eigenvalue weighted by molar-refractivity contribution is 7.14. The second-order valence-electron chi connectivity index (χ2n) is 6.16. The number of aromatic nitrogens is 1. The molecular formula is C18H23ClFN3O2S. The van der Waals surface area contributed by atoms with Crippen LogP contribution in [0.3, 0.4) is 0 Å². The predicted molar refractivity (Wildman–Crippen MR) is 105 cm³/mol. The summed E-state index contributed by atoms with van der Waals surface area (Å²) in [6, 6.07) is 4.30. The summed E-state index contributed by atoms with van der Waals surface area (Å²) in [6.45, 7) is 2.08. The number of hydrogen-bond donors (Lipinski definition) is 2. The van der Waals surface area contributed by atoms with E-state index in [1.54, 1.807) is 11.4 Å². The summed E-state index contributed by atoms with van der Waals surface area (Å²) >= 11 is 1.33. The van der Waals surface area contributed by atoms with E-state index >= 15 is 0 Å². The van der Waals surface area contributed by atoms with Crippen molar-refractivity contribution in [2.45, 2.75) is 25.7 Å². The monoisotopic (exact) mass is 399 g/mol. The summed E-state index contributed by atoms with van der Waals surface area (Å²) in [5.74, 6) is 0.799. The van der Waals surface area contributed by atoms with E-state index < -0.39 is 0 Å². The van der Waals surface area contributed by atoms with Crippen LogP contribution in [0.5, 0.6) is 5.75 Å². The molecule has 5 nitrogen and oxygen atoms in total. The average molecular weight is 400 g/mol. The third-order valence-electron chi connectivity index (χ3n) is 4.43. The molecule has 1 fully saturated rings. The Balaban J connectivity index is 0.00000243. The van der Waals surface area contributed by atoms with Crippen LogP contribution in [0.25, 0.3) is 11.3 Å². The van der Waals surface area contributed by atoms with Gasteiger partial charge in [0.2, 0.25) is 5.91 Å². The lowest BCUT2D eigenvalue weighted by Crippen LogP contribution is -2.28. The number of carbonyl (C=O) groups is 1. The Labute approximate surface area is 162 Å². The molecule has 3 rings (SSSR count). The Bertz CT molecular complexity index is 735. The fourth-order valence-corrected chi connectivity index (χ4v) is 3.75. The van der Waals surface area contributed by atoms with Crippen LogP contribution in [-0.2, 0) is 4.79 Å². The summed E-state index contributed by atoms with van der Waals surface area (Å²) in [6.07, 6.45) is 3.68. The van der Waals surface area contributed by atoms with Crippen LogP contribution in [0.1, 0.15) is 25.7 Å². The van der Waals surface area contributed by atoms with Crippen LogP contribution in [0.15, 0.2) is 23.6 Å². The van der Waals surface area contributed by atoms with E-state index in [4.69, 9.17) is 4.74 Å². The zero-order chi connectivity index (χ0) is 17.6. The summed E-state index contributed by atoms with van der Waals surface area (Å²) in [5.41, 5.74) is 1.17. The smallest absolute Gasteiger partial charge is 0.226 e. The number of benzene rings is 1. The van der Waals surface area contributed by atoms with Gasteiger partial charge in [0.15, 0.2) is 5.13 Å². The van der Waals surface area contributed by atoms with E-state index in [0.29, 0.717) is 34.5 Å². The van der Waals surface area contributed by atoms with E-state index in [0.717, 1.165) is 32.4 Å². The van der Waals surface area contributed by atoms with Crippen LogP contribution < -0.4 is 15.4 Å². The van der Waals surface area contributed by atoms with Gasteiger partial charge in [0, 0.05) is 17.4 Å². The number of carbonyl (C=O) groups excluding carboxylic acids is 1. The van der Waals surface area contributed by atoms with Gasteiger partial charge in [-0.25, -0.2) is 9.37 Å². The van der Waals surface area contributed by atoms with Crippen molar-refractivity contribution in [3.63, 3.8) is 0 Å². The number of nitrogens with one attached hydrogen (secondary N) is 2. The molecule has 0 saturated carbocycles. The van der Waals surface area contributed by atoms with Crippen molar-refractivity contribution in [2.24, 2.45) is 5.92 Å². The van der Waals surface area contributed by atoms with Crippen molar-refractivity contribution in [3.8, 4) is 17.0 Å². The largest absolute Gasteiger partial charge is 0.496 e. The molecule has 1 aromatic carbocycles. The van der Waals surface area contributed by atoms with Gasteiger partial charge in [-0.15, -0.1) is 23.7 Å². The molecule has 0 spiro atoms. The zero-order valence-corrected chi connectivity index (χ0v) is 16.2. The first-order chi connectivity index (χ1) is 12.2. The minimum Gasteiger partial charge on any atom is -0.496 e. The first-order valence-corrected chi connectivity index (χ1v) is 9.33. The molecule has 0 unspecified atom stereocenters. The number of anilines is 1. The lowest BCUT2D eigenvalue weighted by Gasteiger charge is -2.21. The third-order valence-corrected chi connectivity index (χ3v) is 5.18.